The second-order valence-corrected chi connectivity index (χ2v) is 6.97. The molecule has 0 N–H and O–H groups in total. The SMILES string of the molecule is O=C(C1CC1)N(CC1CC1)CC1CC1c1ccccc1. The van der Waals surface area contributed by atoms with Gasteiger partial charge in [0.1, 0.15) is 0 Å². The summed E-state index contributed by atoms with van der Waals surface area (Å²) in [7, 11) is 0. The van der Waals surface area contributed by atoms with Gasteiger partial charge in [-0.2, -0.15) is 0 Å². The standard InChI is InChI=1S/C18H23NO/c20-18(15-8-9-15)19(11-13-6-7-13)12-16-10-17(16)14-4-2-1-3-5-14/h1-5,13,15-17H,6-12H2. The summed E-state index contributed by atoms with van der Waals surface area (Å²) in [5.74, 6) is 3.05. The highest BCUT2D eigenvalue weighted by molar-refractivity contribution is 5.81. The Kier molecular flexibility index (Phi) is 3.05. The maximum atomic E-state index is 12.4. The quantitative estimate of drug-likeness (QED) is 0.774. The molecule has 2 unspecified atom stereocenters. The van der Waals surface area contributed by atoms with E-state index >= 15 is 0 Å². The molecule has 0 bridgehead atoms. The summed E-state index contributed by atoms with van der Waals surface area (Å²) in [5.41, 5.74) is 1.46. The molecular formula is C18H23NO. The van der Waals surface area contributed by atoms with E-state index in [-0.39, 0.29) is 0 Å². The minimum absolute atomic E-state index is 0.377. The van der Waals surface area contributed by atoms with Gasteiger partial charge < -0.3 is 4.90 Å². The zero-order valence-electron chi connectivity index (χ0n) is 12.0. The van der Waals surface area contributed by atoms with Crippen LogP contribution in [0.5, 0.6) is 0 Å². The van der Waals surface area contributed by atoms with E-state index in [1.165, 1.54) is 24.8 Å². The first-order valence-corrected chi connectivity index (χ1v) is 8.15. The average Bonchev–Trinajstić information content (AvgIpc) is 3.34. The van der Waals surface area contributed by atoms with Crippen LogP contribution in [0.3, 0.4) is 0 Å². The molecule has 3 aliphatic carbocycles. The highest BCUT2D eigenvalue weighted by Gasteiger charge is 2.43. The van der Waals surface area contributed by atoms with Gasteiger partial charge >= 0.3 is 0 Å². The van der Waals surface area contributed by atoms with Crippen LogP contribution < -0.4 is 0 Å². The number of hydrogen-bond acceptors (Lipinski definition) is 1. The molecule has 2 heteroatoms. The molecule has 3 aliphatic rings. The molecule has 20 heavy (non-hydrogen) atoms. The van der Waals surface area contributed by atoms with Gasteiger partial charge in [0.25, 0.3) is 0 Å². The lowest BCUT2D eigenvalue weighted by molar-refractivity contribution is -0.133. The van der Waals surface area contributed by atoms with Crippen molar-refractivity contribution in [3.8, 4) is 0 Å². The van der Waals surface area contributed by atoms with Crippen LogP contribution in [0.1, 0.15) is 43.6 Å². The third kappa shape index (κ3) is 2.74. The van der Waals surface area contributed by atoms with Crippen molar-refractivity contribution >= 4 is 5.91 Å². The summed E-state index contributed by atoms with van der Waals surface area (Å²) in [6.45, 7) is 2.04. The average molecular weight is 269 g/mol. The lowest BCUT2D eigenvalue weighted by atomic mass is 10.1. The lowest BCUT2D eigenvalue weighted by Crippen LogP contribution is -2.36. The Morgan fingerprint density at radius 2 is 1.80 bits per heavy atom. The van der Waals surface area contributed by atoms with Crippen molar-refractivity contribution in [1.29, 1.82) is 0 Å². The number of hydrogen-bond donors (Lipinski definition) is 0. The number of rotatable bonds is 6. The largest absolute Gasteiger partial charge is 0.342 e. The first kappa shape index (κ1) is 12.4. The van der Waals surface area contributed by atoms with Crippen LogP contribution >= 0.6 is 0 Å². The van der Waals surface area contributed by atoms with Crippen LogP contribution in [0.15, 0.2) is 30.3 Å². The van der Waals surface area contributed by atoms with E-state index in [1.54, 1.807) is 0 Å². The van der Waals surface area contributed by atoms with E-state index < -0.39 is 0 Å². The summed E-state index contributed by atoms with van der Waals surface area (Å²) in [6.07, 6.45) is 6.20. The molecule has 106 valence electrons. The maximum absolute atomic E-state index is 12.4. The molecule has 0 aromatic heterocycles. The van der Waals surface area contributed by atoms with Crippen LogP contribution in [0, 0.1) is 17.8 Å². The van der Waals surface area contributed by atoms with Gasteiger partial charge in [0.15, 0.2) is 0 Å². The van der Waals surface area contributed by atoms with E-state index in [2.05, 4.69) is 35.2 Å². The number of nitrogens with zero attached hydrogens (tertiary/aromatic N) is 1. The van der Waals surface area contributed by atoms with Crippen molar-refractivity contribution < 1.29 is 4.79 Å². The molecule has 1 aromatic rings. The Hall–Kier alpha value is -1.31. The third-order valence-corrected chi connectivity index (χ3v) is 5.02. The van der Waals surface area contributed by atoms with Crippen molar-refractivity contribution in [3.05, 3.63) is 35.9 Å². The van der Waals surface area contributed by atoms with Crippen molar-refractivity contribution in [3.63, 3.8) is 0 Å². The zero-order valence-corrected chi connectivity index (χ0v) is 12.0. The second-order valence-electron chi connectivity index (χ2n) is 6.97. The fraction of sp³-hybridized carbons (Fsp3) is 0.611. The number of carbonyl (C=O) groups excluding carboxylic acids is 1. The number of amides is 1. The second kappa shape index (κ2) is 4.91. The first-order chi connectivity index (χ1) is 9.81. The minimum Gasteiger partial charge on any atom is -0.342 e. The van der Waals surface area contributed by atoms with Crippen molar-refractivity contribution in [2.45, 2.75) is 38.0 Å². The van der Waals surface area contributed by atoms with Gasteiger partial charge in [0.05, 0.1) is 0 Å². The zero-order chi connectivity index (χ0) is 13.5. The predicted octanol–water partition coefficient (Wildman–Crippen LogP) is 3.44. The van der Waals surface area contributed by atoms with Crippen LogP contribution in [0.25, 0.3) is 0 Å². The van der Waals surface area contributed by atoms with E-state index in [0.29, 0.717) is 23.7 Å². The van der Waals surface area contributed by atoms with Gasteiger partial charge in [-0.3, -0.25) is 4.79 Å². The smallest absolute Gasteiger partial charge is 0.225 e. The Morgan fingerprint density at radius 3 is 2.45 bits per heavy atom. The van der Waals surface area contributed by atoms with Crippen LogP contribution in [0.2, 0.25) is 0 Å². The molecule has 0 heterocycles. The fourth-order valence-corrected chi connectivity index (χ4v) is 3.30. The molecule has 0 spiro atoms. The summed E-state index contributed by atoms with van der Waals surface area (Å²) >= 11 is 0. The van der Waals surface area contributed by atoms with Crippen molar-refractivity contribution in [2.24, 2.45) is 17.8 Å². The molecule has 2 nitrogen and oxygen atoms in total. The molecule has 4 rings (SSSR count). The molecule has 0 radical (unpaired) electrons. The molecular weight excluding hydrogens is 246 g/mol. The highest BCUT2D eigenvalue weighted by atomic mass is 16.2. The Labute approximate surface area is 121 Å². The maximum Gasteiger partial charge on any atom is 0.225 e. The third-order valence-electron chi connectivity index (χ3n) is 5.02. The molecule has 1 aromatic carbocycles. The van der Waals surface area contributed by atoms with Crippen LogP contribution in [0.4, 0.5) is 0 Å². The number of carbonyl (C=O) groups is 1. The molecule has 3 saturated carbocycles. The Morgan fingerprint density at radius 1 is 1.05 bits per heavy atom. The summed E-state index contributed by atoms with van der Waals surface area (Å²) in [4.78, 5) is 14.6. The predicted molar refractivity (Wildman–Crippen MR) is 79.3 cm³/mol. The lowest BCUT2D eigenvalue weighted by Gasteiger charge is -2.23. The topological polar surface area (TPSA) is 20.3 Å². The van der Waals surface area contributed by atoms with Gasteiger partial charge in [0, 0.05) is 19.0 Å². The van der Waals surface area contributed by atoms with Crippen molar-refractivity contribution in [2.75, 3.05) is 13.1 Å². The molecule has 1 amide bonds. The van der Waals surface area contributed by atoms with E-state index in [9.17, 15) is 4.79 Å². The van der Waals surface area contributed by atoms with E-state index in [1.807, 2.05) is 0 Å². The highest BCUT2D eigenvalue weighted by Crippen LogP contribution is 2.48. The summed E-state index contributed by atoms with van der Waals surface area (Å²) in [6, 6.07) is 10.8. The fourth-order valence-electron chi connectivity index (χ4n) is 3.30. The monoisotopic (exact) mass is 269 g/mol. The molecule has 0 saturated heterocycles. The Bertz CT molecular complexity index is 489. The van der Waals surface area contributed by atoms with E-state index in [0.717, 1.165) is 31.8 Å². The van der Waals surface area contributed by atoms with Crippen LogP contribution in [-0.2, 0) is 4.79 Å². The normalized spacial score (nSPS) is 28.2. The summed E-state index contributed by atoms with van der Waals surface area (Å²) in [5, 5.41) is 0. The molecule has 2 atom stereocenters. The number of benzene rings is 1. The van der Waals surface area contributed by atoms with E-state index in [4.69, 9.17) is 0 Å². The molecule has 3 fully saturated rings. The Balaban J connectivity index is 1.37. The van der Waals surface area contributed by atoms with Crippen LogP contribution in [-0.4, -0.2) is 23.9 Å². The van der Waals surface area contributed by atoms with Gasteiger partial charge in [-0.1, -0.05) is 30.3 Å². The van der Waals surface area contributed by atoms with Gasteiger partial charge in [0.2, 0.25) is 5.91 Å². The van der Waals surface area contributed by atoms with Gasteiger partial charge in [-0.15, -0.1) is 0 Å². The molecule has 0 aliphatic heterocycles. The summed E-state index contributed by atoms with van der Waals surface area (Å²) < 4.78 is 0. The van der Waals surface area contributed by atoms with Gasteiger partial charge in [-0.25, -0.2) is 0 Å². The van der Waals surface area contributed by atoms with Crippen molar-refractivity contribution in [1.82, 2.24) is 4.90 Å². The minimum atomic E-state index is 0.377. The first-order valence-electron chi connectivity index (χ1n) is 8.15. The van der Waals surface area contributed by atoms with Gasteiger partial charge in [-0.05, 0) is 55.4 Å².